The molecule has 1 unspecified atom stereocenters. The summed E-state index contributed by atoms with van der Waals surface area (Å²) >= 11 is 0. The van der Waals surface area contributed by atoms with Crippen molar-refractivity contribution in [3.8, 4) is 11.3 Å². The number of halogens is 1. The van der Waals surface area contributed by atoms with Crippen LogP contribution in [-0.2, 0) is 4.79 Å². The average Bonchev–Trinajstić information content (AvgIpc) is 2.71. The molecule has 3 rings (SSSR count). The Bertz CT molecular complexity index is 995. The Labute approximate surface area is 189 Å². The standard InChI is InChI=1S/C25H34FN3O3/c1-7-29(6)25-27-23(13(2)3)22-15(5)21(20(32)12-17(31)10-14(4)30)19-11-16(26)8-9-18(19)24(22)28-25/h8-9,11,13,15,17,20-21,31-32H,7,10,12H2,1-6H3/t15?,17-,20-,21-/m0/s1. The molecule has 0 amide bonds. The highest BCUT2D eigenvalue weighted by Crippen LogP contribution is 2.50. The third-order valence-electron chi connectivity index (χ3n) is 6.40. The zero-order valence-electron chi connectivity index (χ0n) is 19.8. The molecular formula is C25H34FN3O3. The van der Waals surface area contributed by atoms with Gasteiger partial charge in [0.15, 0.2) is 0 Å². The third kappa shape index (κ3) is 4.69. The summed E-state index contributed by atoms with van der Waals surface area (Å²) < 4.78 is 14.3. The molecule has 0 spiro atoms. The van der Waals surface area contributed by atoms with Crippen LogP contribution in [-0.4, -0.2) is 51.8 Å². The first-order valence-corrected chi connectivity index (χ1v) is 11.3. The molecule has 1 aliphatic rings. The number of Topliss-reactive ketones (excluding diaryl/α,β-unsaturated/α-hetero) is 1. The summed E-state index contributed by atoms with van der Waals surface area (Å²) in [5, 5.41) is 21.4. The second-order valence-electron chi connectivity index (χ2n) is 9.25. The topological polar surface area (TPSA) is 86.6 Å². The molecule has 1 aromatic heterocycles. The van der Waals surface area contributed by atoms with Crippen LogP contribution in [0.25, 0.3) is 11.3 Å². The monoisotopic (exact) mass is 443 g/mol. The fourth-order valence-corrected chi connectivity index (χ4v) is 4.74. The van der Waals surface area contributed by atoms with E-state index in [0.29, 0.717) is 11.5 Å². The molecule has 7 heteroatoms. The number of nitrogens with zero attached hydrogens (tertiary/aromatic N) is 3. The molecule has 6 nitrogen and oxygen atoms in total. The first-order valence-electron chi connectivity index (χ1n) is 11.3. The van der Waals surface area contributed by atoms with Crippen molar-refractivity contribution in [1.29, 1.82) is 0 Å². The number of hydrogen-bond donors (Lipinski definition) is 2. The van der Waals surface area contributed by atoms with E-state index in [9.17, 15) is 19.4 Å². The molecule has 0 saturated heterocycles. The molecule has 0 aliphatic heterocycles. The highest BCUT2D eigenvalue weighted by Gasteiger charge is 2.39. The van der Waals surface area contributed by atoms with E-state index in [0.717, 1.165) is 29.1 Å². The predicted molar refractivity (Wildman–Crippen MR) is 124 cm³/mol. The molecule has 32 heavy (non-hydrogen) atoms. The number of aromatic nitrogens is 2. The molecule has 0 radical (unpaired) electrons. The number of rotatable bonds is 8. The summed E-state index contributed by atoms with van der Waals surface area (Å²) in [5.41, 5.74) is 4.09. The molecule has 0 saturated carbocycles. The number of aliphatic hydroxyl groups excluding tert-OH is 2. The molecule has 0 bridgehead atoms. The van der Waals surface area contributed by atoms with Crippen LogP contribution >= 0.6 is 0 Å². The maximum atomic E-state index is 14.3. The summed E-state index contributed by atoms with van der Waals surface area (Å²) in [6.45, 7) is 10.3. The van der Waals surface area contributed by atoms with Gasteiger partial charge in [0.1, 0.15) is 11.6 Å². The number of carbonyl (C=O) groups is 1. The SMILES string of the molecule is CCN(C)c1nc2c(c(C(C)C)n1)C(C)[C@H]([C@@H](O)C[C@@H](O)CC(C)=O)c1cc(F)ccc1-2. The minimum atomic E-state index is -0.953. The molecular weight excluding hydrogens is 409 g/mol. The van der Waals surface area contributed by atoms with Crippen molar-refractivity contribution in [3.05, 3.63) is 40.8 Å². The number of aliphatic hydroxyl groups is 2. The van der Waals surface area contributed by atoms with Crippen molar-refractivity contribution in [2.24, 2.45) is 0 Å². The van der Waals surface area contributed by atoms with E-state index >= 15 is 0 Å². The fraction of sp³-hybridized carbons (Fsp3) is 0.560. The van der Waals surface area contributed by atoms with Gasteiger partial charge in [-0.15, -0.1) is 0 Å². The Balaban J connectivity index is 2.18. The van der Waals surface area contributed by atoms with Crippen LogP contribution in [0.1, 0.15) is 82.0 Å². The van der Waals surface area contributed by atoms with Crippen molar-refractivity contribution in [3.63, 3.8) is 0 Å². The van der Waals surface area contributed by atoms with Crippen LogP contribution in [0.5, 0.6) is 0 Å². The Morgan fingerprint density at radius 3 is 2.53 bits per heavy atom. The highest BCUT2D eigenvalue weighted by atomic mass is 19.1. The Morgan fingerprint density at radius 2 is 1.94 bits per heavy atom. The van der Waals surface area contributed by atoms with E-state index in [2.05, 4.69) is 13.8 Å². The maximum Gasteiger partial charge on any atom is 0.225 e. The van der Waals surface area contributed by atoms with E-state index in [4.69, 9.17) is 9.97 Å². The van der Waals surface area contributed by atoms with E-state index in [1.807, 2.05) is 25.8 Å². The van der Waals surface area contributed by atoms with Gasteiger partial charge in [0.05, 0.1) is 23.6 Å². The van der Waals surface area contributed by atoms with Gasteiger partial charge in [0.2, 0.25) is 5.95 Å². The fourth-order valence-electron chi connectivity index (χ4n) is 4.74. The van der Waals surface area contributed by atoms with Crippen molar-refractivity contribution in [1.82, 2.24) is 9.97 Å². The van der Waals surface area contributed by atoms with Gasteiger partial charge in [0.25, 0.3) is 0 Å². The Kier molecular flexibility index (Phi) is 7.30. The summed E-state index contributed by atoms with van der Waals surface area (Å²) in [7, 11) is 1.94. The van der Waals surface area contributed by atoms with Gasteiger partial charge in [-0.05, 0) is 49.4 Å². The van der Waals surface area contributed by atoms with Gasteiger partial charge < -0.3 is 15.1 Å². The largest absolute Gasteiger partial charge is 0.393 e. The predicted octanol–water partition coefficient (Wildman–Crippen LogP) is 4.15. The van der Waals surface area contributed by atoms with E-state index in [1.54, 1.807) is 6.07 Å². The molecule has 4 atom stereocenters. The van der Waals surface area contributed by atoms with Crippen molar-refractivity contribution < 1.29 is 19.4 Å². The zero-order valence-corrected chi connectivity index (χ0v) is 19.8. The van der Waals surface area contributed by atoms with E-state index < -0.39 is 18.1 Å². The quantitative estimate of drug-likeness (QED) is 0.637. The molecule has 1 heterocycles. The van der Waals surface area contributed by atoms with Crippen LogP contribution in [0.2, 0.25) is 0 Å². The minimum Gasteiger partial charge on any atom is -0.393 e. The number of carbonyl (C=O) groups excluding carboxylic acids is 1. The van der Waals surface area contributed by atoms with Crippen LogP contribution in [0.15, 0.2) is 18.2 Å². The second kappa shape index (κ2) is 9.63. The van der Waals surface area contributed by atoms with Crippen LogP contribution in [0.3, 0.4) is 0 Å². The Morgan fingerprint density at radius 1 is 1.25 bits per heavy atom. The molecule has 1 aliphatic carbocycles. The number of fused-ring (bicyclic) bond motifs is 3. The van der Waals surface area contributed by atoms with E-state index in [-0.39, 0.29) is 36.3 Å². The summed E-state index contributed by atoms with van der Waals surface area (Å²) in [6, 6.07) is 4.58. The molecule has 2 aromatic rings. The van der Waals surface area contributed by atoms with Crippen molar-refractivity contribution in [2.75, 3.05) is 18.5 Å². The van der Waals surface area contributed by atoms with Crippen molar-refractivity contribution >= 4 is 11.7 Å². The van der Waals surface area contributed by atoms with Gasteiger partial charge in [-0.2, -0.15) is 0 Å². The second-order valence-corrected chi connectivity index (χ2v) is 9.25. The zero-order chi connectivity index (χ0) is 23.7. The van der Waals surface area contributed by atoms with Crippen LogP contribution in [0.4, 0.5) is 10.3 Å². The Hall–Kier alpha value is -2.38. The van der Waals surface area contributed by atoms with E-state index in [1.165, 1.54) is 19.1 Å². The van der Waals surface area contributed by atoms with Gasteiger partial charge in [-0.25, -0.2) is 14.4 Å². The lowest BCUT2D eigenvalue weighted by molar-refractivity contribution is -0.119. The lowest BCUT2D eigenvalue weighted by Crippen LogP contribution is -2.32. The minimum absolute atomic E-state index is 0.0160. The normalized spacial score (nSPS) is 19.3. The smallest absolute Gasteiger partial charge is 0.225 e. The number of benzene rings is 1. The molecule has 0 fully saturated rings. The molecule has 1 aromatic carbocycles. The van der Waals surface area contributed by atoms with Crippen LogP contribution < -0.4 is 4.90 Å². The number of ketones is 1. The summed E-state index contributed by atoms with van der Waals surface area (Å²) in [6.07, 6.45) is -1.88. The third-order valence-corrected chi connectivity index (χ3v) is 6.40. The first kappa shape index (κ1) is 24.3. The number of anilines is 1. The van der Waals surface area contributed by atoms with Gasteiger partial charge >= 0.3 is 0 Å². The van der Waals surface area contributed by atoms with Gasteiger partial charge in [0, 0.05) is 43.5 Å². The molecule has 174 valence electrons. The average molecular weight is 444 g/mol. The number of hydrogen-bond acceptors (Lipinski definition) is 6. The van der Waals surface area contributed by atoms with Crippen LogP contribution in [0, 0.1) is 5.82 Å². The lowest BCUT2D eigenvalue weighted by Gasteiger charge is -2.38. The maximum absolute atomic E-state index is 14.3. The summed E-state index contributed by atoms with van der Waals surface area (Å²) in [5.74, 6) is -0.427. The lowest BCUT2D eigenvalue weighted by atomic mass is 9.69. The summed E-state index contributed by atoms with van der Waals surface area (Å²) in [4.78, 5) is 23.1. The van der Waals surface area contributed by atoms with Crippen molar-refractivity contribution in [2.45, 2.75) is 77.4 Å². The molecule has 2 N–H and O–H groups in total. The highest BCUT2D eigenvalue weighted by molar-refractivity contribution is 5.76. The van der Waals surface area contributed by atoms with Gasteiger partial charge in [-0.1, -0.05) is 20.8 Å². The first-order chi connectivity index (χ1) is 15.0. The van der Waals surface area contributed by atoms with Gasteiger partial charge in [-0.3, -0.25) is 4.79 Å².